The molecule has 6 heteroatoms. The van der Waals surface area contributed by atoms with Gasteiger partial charge < -0.3 is 5.11 Å². The van der Waals surface area contributed by atoms with Gasteiger partial charge in [-0.15, -0.1) is 0 Å². The van der Waals surface area contributed by atoms with Crippen LogP contribution < -0.4 is 5.32 Å². The predicted octanol–water partition coefficient (Wildman–Crippen LogP) is 3.70. The molecule has 1 amide bonds. The maximum absolute atomic E-state index is 12.7. The number of pyridine rings is 1. The number of rotatable bonds is 5. The van der Waals surface area contributed by atoms with Crippen molar-refractivity contribution in [3.63, 3.8) is 0 Å². The predicted molar refractivity (Wildman–Crippen MR) is 104 cm³/mol. The highest BCUT2D eigenvalue weighted by Crippen LogP contribution is 2.37. The minimum atomic E-state index is -1.24. The molecular formula is C21H24N4O2. The molecule has 0 unspecified atom stereocenters. The number of nitrogens with one attached hydrogen (secondary N) is 1. The van der Waals surface area contributed by atoms with Crippen molar-refractivity contribution in [3.8, 4) is 0 Å². The summed E-state index contributed by atoms with van der Waals surface area (Å²) in [6.45, 7) is 3.63. The van der Waals surface area contributed by atoms with Crippen molar-refractivity contribution in [2.24, 2.45) is 0 Å². The zero-order chi connectivity index (χ0) is 19.0. The SMILES string of the molecule is Cc1cnc2c(c1)nc(NC(=O)C[C@@](C)(O)c1ccccc1)n2C1CCC1. The molecule has 27 heavy (non-hydrogen) atoms. The molecule has 0 saturated heterocycles. The van der Waals surface area contributed by atoms with Gasteiger partial charge in [-0.05, 0) is 50.3 Å². The molecule has 1 aliphatic carbocycles. The van der Waals surface area contributed by atoms with E-state index < -0.39 is 5.60 Å². The Bertz CT molecular complexity index is 975. The van der Waals surface area contributed by atoms with Gasteiger partial charge in [0.05, 0.1) is 12.0 Å². The fraction of sp³-hybridized carbons (Fsp3) is 0.381. The van der Waals surface area contributed by atoms with Crippen molar-refractivity contribution < 1.29 is 9.90 Å². The summed E-state index contributed by atoms with van der Waals surface area (Å²) in [5, 5.41) is 13.7. The molecule has 6 nitrogen and oxygen atoms in total. The lowest BCUT2D eigenvalue weighted by molar-refractivity contribution is -0.120. The number of amides is 1. The van der Waals surface area contributed by atoms with Crippen molar-refractivity contribution in [3.05, 3.63) is 53.7 Å². The zero-order valence-corrected chi connectivity index (χ0v) is 15.6. The number of aromatic nitrogens is 3. The van der Waals surface area contributed by atoms with E-state index in [2.05, 4.69) is 15.3 Å². The highest BCUT2D eigenvalue weighted by atomic mass is 16.3. The van der Waals surface area contributed by atoms with Gasteiger partial charge in [-0.3, -0.25) is 14.7 Å². The quantitative estimate of drug-likeness (QED) is 0.723. The minimum absolute atomic E-state index is 0.0443. The van der Waals surface area contributed by atoms with Crippen LogP contribution in [0.15, 0.2) is 42.6 Å². The van der Waals surface area contributed by atoms with Crippen LogP contribution in [0.25, 0.3) is 11.2 Å². The first-order valence-corrected chi connectivity index (χ1v) is 9.36. The lowest BCUT2D eigenvalue weighted by Gasteiger charge is -2.29. The molecule has 1 fully saturated rings. The topological polar surface area (TPSA) is 80.0 Å². The largest absolute Gasteiger partial charge is 0.385 e. The number of hydrogen-bond acceptors (Lipinski definition) is 4. The van der Waals surface area contributed by atoms with Gasteiger partial charge in [0.25, 0.3) is 0 Å². The number of carbonyl (C=O) groups excluding carboxylic acids is 1. The molecule has 0 aliphatic heterocycles. The highest BCUT2D eigenvalue weighted by Gasteiger charge is 2.29. The maximum Gasteiger partial charge on any atom is 0.229 e. The molecule has 2 heterocycles. The van der Waals surface area contributed by atoms with Gasteiger partial charge in [-0.1, -0.05) is 30.3 Å². The third-order valence-corrected chi connectivity index (χ3v) is 5.26. The van der Waals surface area contributed by atoms with Gasteiger partial charge in [0.15, 0.2) is 5.65 Å². The third kappa shape index (κ3) is 3.45. The highest BCUT2D eigenvalue weighted by molar-refractivity contribution is 5.91. The number of imidazole rings is 1. The molecule has 2 aromatic heterocycles. The van der Waals surface area contributed by atoms with E-state index in [4.69, 9.17) is 0 Å². The summed E-state index contributed by atoms with van der Waals surface area (Å²) in [6.07, 6.45) is 5.08. The van der Waals surface area contributed by atoms with Gasteiger partial charge >= 0.3 is 0 Å². The molecule has 0 radical (unpaired) electrons. The van der Waals surface area contributed by atoms with E-state index in [1.54, 1.807) is 6.92 Å². The molecule has 2 N–H and O–H groups in total. The summed E-state index contributed by atoms with van der Waals surface area (Å²) in [5.74, 6) is 0.248. The van der Waals surface area contributed by atoms with Crippen molar-refractivity contribution in [1.82, 2.24) is 14.5 Å². The summed E-state index contributed by atoms with van der Waals surface area (Å²) in [4.78, 5) is 21.8. The summed E-state index contributed by atoms with van der Waals surface area (Å²) in [7, 11) is 0. The number of carbonyl (C=O) groups is 1. The molecule has 0 spiro atoms. The Labute approximate surface area is 158 Å². The van der Waals surface area contributed by atoms with Gasteiger partial charge in [-0.2, -0.15) is 0 Å². The van der Waals surface area contributed by atoms with E-state index in [0.717, 1.165) is 29.6 Å². The average molecular weight is 364 g/mol. The third-order valence-electron chi connectivity index (χ3n) is 5.26. The Morgan fingerprint density at radius 3 is 2.74 bits per heavy atom. The molecule has 1 aromatic carbocycles. The lowest BCUT2D eigenvalue weighted by atomic mass is 9.92. The van der Waals surface area contributed by atoms with E-state index in [0.29, 0.717) is 17.6 Å². The number of nitrogens with zero attached hydrogens (tertiary/aromatic N) is 3. The maximum atomic E-state index is 12.7. The van der Waals surface area contributed by atoms with Crippen molar-refractivity contribution >= 4 is 23.0 Å². The first-order chi connectivity index (χ1) is 12.9. The zero-order valence-electron chi connectivity index (χ0n) is 15.6. The van der Waals surface area contributed by atoms with Gasteiger partial charge in [-0.25, -0.2) is 9.97 Å². The van der Waals surface area contributed by atoms with Crippen LogP contribution >= 0.6 is 0 Å². The van der Waals surface area contributed by atoms with Crippen LogP contribution in [0, 0.1) is 6.92 Å². The molecule has 140 valence electrons. The number of anilines is 1. The van der Waals surface area contributed by atoms with E-state index >= 15 is 0 Å². The molecule has 0 bridgehead atoms. The smallest absolute Gasteiger partial charge is 0.229 e. The number of aryl methyl sites for hydroxylation is 1. The number of aliphatic hydroxyl groups is 1. The summed E-state index contributed by atoms with van der Waals surface area (Å²) in [5.41, 5.74) is 2.09. The summed E-state index contributed by atoms with van der Waals surface area (Å²) in [6, 6.07) is 11.5. The van der Waals surface area contributed by atoms with E-state index in [9.17, 15) is 9.90 Å². The molecule has 1 aliphatic rings. The molecule has 1 atom stereocenters. The van der Waals surface area contributed by atoms with Gasteiger partial charge in [0.2, 0.25) is 11.9 Å². The molecule has 3 aromatic rings. The summed E-state index contributed by atoms with van der Waals surface area (Å²) >= 11 is 0. The summed E-state index contributed by atoms with van der Waals surface area (Å²) < 4.78 is 2.04. The fourth-order valence-electron chi connectivity index (χ4n) is 3.54. The lowest BCUT2D eigenvalue weighted by Crippen LogP contribution is -2.30. The van der Waals surface area contributed by atoms with Crippen LogP contribution in [-0.2, 0) is 10.4 Å². The molecule has 4 rings (SSSR count). The number of benzene rings is 1. The Morgan fingerprint density at radius 2 is 2.07 bits per heavy atom. The monoisotopic (exact) mass is 364 g/mol. The van der Waals surface area contributed by atoms with Crippen LogP contribution in [0.3, 0.4) is 0 Å². The van der Waals surface area contributed by atoms with Crippen molar-refractivity contribution in [2.45, 2.75) is 51.2 Å². The average Bonchev–Trinajstić information content (AvgIpc) is 2.90. The second-order valence-corrected chi connectivity index (χ2v) is 7.61. The van der Waals surface area contributed by atoms with Gasteiger partial charge in [0.1, 0.15) is 5.52 Å². The Kier molecular flexibility index (Phi) is 4.44. The van der Waals surface area contributed by atoms with Crippen LogP contribution in [-0.4, -0.2) is 25.5 Å². The van der Waals surface area contributed by atoms with Crippen LogP contribution in [0.5, 0.6) is 0 Å². The molecule has 1 saturated carbocycles. The Hall–Kier alpha value is -2.73. The standard InChI is InChI=1S/C21H24N4O2/c1-14-11-17-19(22-13-14)25(16-9-6-10-16)20(23-17)24-18(26)12-21(2,27)15-7-4-3-5-8-15/h3-5,7-8,11,13,16,27H,6,9-10,12H2,1-2H3,(H,23,24,26)/t21-/m1/s1. The second kappa shape index (κ2) is 6.78. The van der Waals surface area contributed by atoms with E-state index in [1.165, 1.54) is 6.42 Å². The minimum Gasteiger partial charge on any atom is -0.385 e. The van der Waals surface area contributed by atoms with Crippen molar-refractivity contribution in [1.29, 1.82) is 0 Å². The van der Waals surface area contributed by atoms with E-state index in [1.807, 2.05) is 54.1 Å². The van der Waals surface area contributed by atoms with Crippen molar-refractivity contribution in [2.75, 3.05) is 5.32 Å². The molecular weight excluding hydrogens is 340 g/mol. The Morgan fingerprint density at radius 1 is 1.33 bits per heavy atom. The second-order valence-electron chi connectivity index (χ2n) is 7.61. The number of hydrogen-bond donors (Lipinski definition) is 2. The Balaban J connectivity index is 1.60. The number of fused-ring (bicyclic) bond motifs is 1. The normalized spacial score (nSPS) is 16.7. The van der Waals surface area contributed by atoms with Gasteiger partial charge in [0, 0.05) is 12.2 Å². The van der Waals surface area contributed by atoms with E-state index in [-0.39, 0.29) is 12.3 Å². The van der Waals surface area contributed by atoms with Crippen LogP contribution in [0.2, 0.25) is 0 Å². The first-order valence-electron chi connectivity index (χ1n) is 9.36. The van der Waals surface area contributed by atoms with Crippen LogP contribution in [0.4, 0.5) is 5.95 Å². The fourth-order valence-corrected chi connectivity index (χ4v) is 3.54. The first kappa shape index (κ1) is 17.7. The van der Waals surface area contributed by atoms with Crippen LogP contribution in [0.1, 0.15) is 49.8 Å².